The maximum absolute atomic E-state index is 12.4. The minimum absolute atomic E-state index is 0.0184. The van der Waals surface area contributed by atoms with Crippen molar-refractivity contribution in [2.45, 2.75) is 12.8 Å². The van der Waals surface area contributed by atoms with E-state index in [0.717, 1.165) is 31.5 Å². The van der Waals surface area contributed by atoms with Gasteiger partial charge in [0.1, 0.15) is 5.75 Å². The molecule has 0 bridgehead atoms. The minimum atomic E-state index is -0.323. The van der Waals surface area contributed by atoms with Gasteiger partial charge >= 0.3 is 0 Å². The predicted molar refractivity (Wildman–Crippen MR) is 112 cm³/mol. The molecule has 0 aromatic heterocycles. The number of anilines is 1. The van der Waals surface area contributed by atoms with Gasteiger partial charge in [-0.1, -0.05) is 18.2 Å². The van der Waals surface area contributed by atoms with Gasteiger partial charge in [0.2, 0.25) is 5.91 Å². The number of carbonyl (C=O) groups excluding carboxylic acids is 2. The van der Waals surface area contributed by atoms with Gasteiger partial charge in [-0.15, -0.1) is 0 Å². The van der Waals surface area contributed by atoms with E-state index in [2.05, 4.69) is 5.32 Å². The van der Waals surface area contributed by atoms with Gasteiger partial charge in [0, 0.05) is 24.7 Å². The Balaban J connectivity index is 1.59. The number of nitrogens with zero attached hydrogens (tertiary/aromatic N) is 1. The fourth-order valence-corrected chi connectivity index (χ4v) is 3.42. The third-order valence-electron chi connectivity index (χ3n) is 4.96. The van der Waals surface area contributed by atoms with Gasteiger partial charge in [-0.3, -0.25) is 9.59 Å². The summed E-state index contributed by atoms with van der Waals surface area (Å²) < 4.78 is 11.2. The van der Waals surface area contributed by atoms with Crippen molar-refractivity contribution in [2.24, 2.45) is 0 Å². The first-order valence-corrected chi connectivity index (χ1v) is 9.59. The summed E-state index contributed by atoms with van der Waals surface area (Å²) >= 11 is 0. The molecule has 4 rings (SSSR count). The number of likely N-dealkylation sites (tertiary alicyclic amines) is 1. The van der Waals surface area contributed by atoms with Crippen LogP contribution >= 0.6 is 0 Å². The normalized spacial score (nSPS) is 17.2. The van der Waals surface area contributed by atoms with Crippen LogP contribution in [0.5, 0.6) is 11.5 Å². The molecule has 0 saturated carbocycles. The van der Waals surface area contributed by atoms with E-state index in [9.17, 15) is 9.59 Å². The molecule has 148 valence electrons. The maximum atomic E-state index is 12.4. The molecule has 1 N–H and O–H groups in total. The van der Waals surface area contributed by atoms with E-state index in [1.54, 1.807) is 43.5 Å². The molecule has 1 saturated heterocycles. The van der Waals surface area contributed by atoms with E-state index in [4.69, 9.17) is 9.47 Å². The molecule has 0 unspecified atom stereocenters. The van der Waals surface area contributed by atoms with Crippen LogP contribution in [0.2, 0.25) is 0 Å². The van der Waals surface area contributed by atoms with Crippen molar-refractivity contribution in [3.05, 3.63) is 65.4 Å². The van der Waals surface area contributed by atoms with Crippen LogP contribution < -0.4 is 14.8 Å². The van der Waals surface area contributed by atoms with E-state index in [1.807, 2.05) is 29.2 Å². The van der Waals surface area contributed by atoms with Crippen LogP contribution in [0.15, 0.2) is 54.3 Å². The number of hydrogen-bond donors (Lipinski definition) is 1. The number of amides is 2. The average molecular weight is 390 g/mol. The molecule has 29 heavy (non-hydrogen) atoms. The van der Waals surface area contributed by atoms with Crippen LogP contribution in [0, 0.1) is 0 Å². The molecule has 2 aromatic carbocycles. The summed E-state index contributed by atoms with van der Waals surface area (Å²) in [5.74, 6) is 1.07. The second-order valence-corrected chi connectivity index (χ2v) is 6.93. The molecule has 0 spiro atoms. The quantitative estimate of drug-likeness (QED) is 0.809. The summed E-state index contributed by atoms with van der Waals surface area (Å²) in [6.07, 6.45) is 7.13. The van der Waals surface area contributed by atoms with Crippen LogP contribution in [0.25, 0.3) is 12.2 Å². The zero-order chi connectivity index (χ0) is 20.2. The Bertz CT molecular complexity index is 1000. The summed E-state index contributed by atoms with van der Waals surface area (Å²) in [4.78, 5) is 26.5. The SMILES string of the molecule is COc1ccc(/C=C/C(=O)N2CCCC2)cc1/C=C1\Oc2ccccc2NC1=O. The van der Waals surface area contributed by atoms with Crippen molar-refractivity contribution in [3.8, 4) is 11.5 Å². The monoisotopic (exact) mass is 390 g/mol. The van der Waals surface area contributed by atoms with Crippen LogP contribution in [-0.4, -0.2) is 36.9 Å². The standard InChI is InChI=1S/C23H22N2O4/c1-28-19-10-8-16(9-11-22(26)25-12-4-5-13-25)14-17(19)15-21-23(27)24-18-6-2-3-7-20(18)29-21/h2-3,6-11,14-15H,4-5,12-13H2,1H3,(H,24,27)/b11-9+,21-15-. The average Bonchev–Trinajstić information content (AvgIpc) is 3.28. The second kappa shape index (κ2) is 8.22. The van der Waals surface area contributed by atoms with Gasteiger partial charge in [-0.25, -0.2) is 0 Å². The first kappa shape index (κ1) is 18.8. The smallest absolute Gasteiger partial charge is 0.291 e. The molecule has 2 heterocycles. The number of benzene rings is 2. The highest BCUT2D eigenvalue weighted by Crippen LogP contribution is 2.32. The molecule has 6 nitrogen and oxygen atoms in total. The van der Waals surface area contributed by atoms with Crippen molar-refractivity contribution in [2.75, 3.05) is 25.5 Å². The third-order valence-corrected chi connectivity index (χ3v) is 4.96. The zero-order valence-corrected chi connectivity index (χ0v) is 16.2. The van der Waals surface area contributed by atoms with Crippen molar-refractivity contribution >= 4 is 29.7 Å². The van der Waals surface area contributed by atoms with E-state index in [-0.39, 0.29) is 17.6 Å². The molecule has 2 amide bonds. The molecule has 6 heteroatoms. The number of ether oxygens (including phenoxy) is 2. The molecule has 0 aliphatic carbocycles. The zero-order valence-electron chi connectivity index (χ0n) is 16.2. The number of rotatable bonds is 4. The number of hydrogen-bond acceptors (Lipinski definition) is 4. The fourth-order valence-electron chi connectivity index (χ4n) is 3.42. The number of methoxy groups -OCH3 is 1. The summed E-state index contributed by atoms with van der Waals surface area (Å²) in [6.45, 7) is 1.63. The number of nitrogens with one attached hydrogen (secondary N) is 1. The third kappa shape index (κ3) is 4.16. The van der Waals surface area contributed by atoms with E-state index < -0.39 is 0 Å². The topological polar surface area (TPSA) is 67.9 Å². The molecule has 0 atom stereocenters. The lowest BCUT2D eigenvalue weighted by Crippen LogP contribution is -2.25. The van der Waals surface area contributed by atoms with Crippen LogP contribution in [-0.2, 0) is 9.59 Å². The number of fused-ring (bicyclic) bond motifs is 1. The van der Waals surface area contributed by atoms with Crippen molar-refractivity contribution < 1.29 is 19.1 Å². The molecule has 1 fully saturated rings. The summed E-state index contributed by atoms with van der Waals surface area (Å²) in [5.41, 5.74) is 2.16. The molecule has 2 aliphatic rings. The van der Waals surface area contributed by atoms with Gasteiger partial charge in [-0.2, -0.15) is 0 Å². The molecule has 2 aliphatic heterocycles. The Hall–Kier alpha value is -3.54. The Morgan fingerprint density at radius 1 is 1.17 bits per heavy atom. The van der Waals surface area contributed by atoms with E-state index in [0.29, 0.717) is 22.7 Å². The first-order chi connectivity index (χ1) is 14.1. The van der Waals surface area contributed by atoms with Crippen molar-refractivity contribution in [1.29, 1.82) is 0 Å². The Labute approximate surface area is 169 Å². The van der Waals surface area contributed by atoms with Crippen LogP contribution in [0.1, 0.15) is 24.0 Å². The van der Waals surface area contributed by atoms with Gasteiger partial charge in [0.25, 0.3) is 5.91 Å². The molecule has 0 radical (unpaired) electrons. The lowest BCUT2D eigenvalue weighted by atomic mass is 10.1. The van der Waals surface area contributed by atoms with Crippen molar-refractivity contribution in [3.63, 3.8) is 0 Å². The lowest BCUT2D eigenvalue weighted by Gasteiger charge is -2.20. The largest absolute Gasteiger partial charge is 0.496 e. The lowest BCUT2D eigenvalue weighted by molar-refractivity contribution is -0.124. The molecule has 2 aromatic rings. The minimum Gasteiger partial charge on any atom is -0.496 e. The Morgan fingerprint density at radius 2 is 1.97 bits per heavy atom. The second-order valence-electron chi connectivity index (χ2n) is 6.93. The fraction of sp³-hybridized carbons (Fsp3) is 0.217. The highest BCUT2D eigenvalue weighted by atomic mass is 16.5. The summed E-state index contributed by atoms with van der Waals surface area (Å²) in [5, 5.41) is 2.82. The number of para-hydroxylation sites is 2. The van der Waals surface area contributed by atoms with Crippen molar-refractivity contribution in [1.82, 2.24) is 4.90 Å². The molecular formula is C23H22N2O4. The summed E-state index contributed by atoms with van der Waals surface area (Å²) in [6, 6.07) is 12.8. The first-order valence-electron chi connectivity index (χ1n) is 9.59. The van der Waals surface area contributed by atoms with Gasteiger partial charge in [-0.05, 0) is 54.8 Å². The maximum Gasteiger partial charge on any atom is 0.291 e. The summed E-state index contributed by atoms with van der Waals surface area (Å²) in [7, 11) is 1.57. The van der Waals surface area contributed by atoms with Crippen LogP contribution in [0.4, 0.5) is 5.69 Å². The van der Waals surface area contributed by atoms with E-state index >= 15 is 0 Å². The van der Waals surface area contributed by atoms with Gasteiger partial charge < -0.3 is 19.7 Å². The molecular weight excluding hydrogens is 368 g/mol. The predicted octanol–water partition coefficient (Wildman–Crippen LogP) is 3.70. The van der Waals surface area contributed by atoms with Crippen LogP contribution in [0.3, 0.4) is 0 Å². The van der Waals surface area contributed by atoms with Gasteiger partial charge in [0.15, 0.2) is 11.5 Å². The highest BCUT2D eigenvalue weighted by Gasteiger charge is 2.22. The Kier molecular flexibility index (Phi) is 5.33. The van der Waals surface area contributed by atoms with Gasteiger partial charge in [0.05, 0.1) is 12.8 Å². The Morgan fingerprint density at radius 3 is 2.76 bits per heavy atom. The highest BCUT2D eigenvalue weighted by molar-refractivity contribution is 6.08. The number of carbonyl (C=O) groups is 2. The van der Waals surface area contributed by atoms with E-state index in [1.165, 1.54) is 0 Å².